The fourth-order valence-electron chi connectivity index (χ4n) is 1.67. The van der Waals surface area contributed by atoms with Gasteiger partial charge in [0.05, 0.1) is 5.69 Å². The molecule has 1 heterocycles. The van der Waals surface area contributed by atoms with Crippen molar-refractivity contribution in [2.75, 3.05) is 6.61 Å². The van der Waals surface area contributed by atoms with Crippen molar-refractivity contribution in [3.63, 3.8) is 0 Å². The van der Waals surface area contributed by atoms with Gasteiger partial charge < -0.3 is 14.6 Å². The van der Waals surface area contributed by atoms with E-state index in [1.165, 1.54) is 19.3 Å². The number of aromatic nitrogens is 1. The van der Waals surface area contributed by atoms with Crippen molar-refractivity contribution in [2.24, 2.45) is 0 Å². The molecule has 0 radical (unpaired) electrons. The maximum Gasteiger partial charge on any atom is 0.162 e. The van der Waals surface area contributed by atoms with Gasteiger partial charge in [-0.1, -0.05) is 31.3 Å². The van der Waals surface area contributed by atoms with Crippen molar-refractivity contribution in [3.8, 4) is 0 Å². The minimum Gasteiger partial charge on any atom is -0.373 e. The van der Waals surface area contributed by atoms with E-state index < -0.39 is 0 Å². The quantitative estimate of drug-likeness (QED) is 0.694. The highest BCUT2D eigenvalue weighted by Gasteiger charge is 2.10. The van der Waals surface area contributed by atoms with Gasteiger partial charge in [-0.2, -0.15) is 0 Å². The van der Waals surface area contributed by atoms with Crippen molar-refractivity contribution in [1.82, 2.24) is 10.5 Å². The molecule has 0 unspecified atom stereocenters. The van der Waals surface area contributed by atoms with E-state index in [0.29, 0.717) is 6.61 Å². The minimum absolute atomic E-state index is 0.0922. The third kappa shape index (κ3) is 8.01. The molecule has 0 saturated carbocycles. The standard InChI is InChI=1S/C15H28N2O2/c1-5-6-7-8-9-18-12-14-10-13(17-19-14)11-16-15(2,3)4/h10,16H,5-9,11-12H2,1-4H3. The number of nitrogens with zero attached hydrogens (tertiary/aromatic N) is 1. The molecule has 0 bridgehead atoms. The number of unbranched alkanes of at least 4 members (excludes halogenated alkanes) is 3. The maximum absolute atomic E-state index is 5.57. The average Bonchev–Trinajstić information content (AvgIpc) is 2.78. The van der Waals surface area contributed by atoms with Gasteiger partial charge in [-0.15, -0.1) is 0 Å². The lowest BCUT2D eigenvalue weighted by Crippen LogP contribution is -2.35. The van der Waals surface area contributed by atoms with Crippen molar-refractivity contribution in [1.29, 1.82) is 0 Å². The second-order valence-electron chi connectivity index (χ2n) is 6.00. The molecule has 4 heteroatoms. The summed E-state index contributed by atoms with van der Waals surface area (Å²) in [4.78, 5) is 0. The van der Waals surface area contributed by atoms with Crippen molar-refractivity contribution in [3.05, 3.63) is 17.5 Å². The lowest BCUT2D eigenvalue weighted by Gasteiger charge is -2.19. The van der Waals surface area contributed by atoms with Crippen LogP contribution in [0.25, 0.3) is 0 Å². The highest BCUT2D eigenvalue weighted by atomic mass is 16.5. The highest BCUT2D eigenvalue weighted by molar-refractivity contribution is 5.04. The van der Waals surface area contributed by atoms with Crippen LogP contribution in [0.2, 0.25) is 0 Å². The third-order valence-corrected chi connectivity index (χ3v) is 2.79. The van der Waals surface area contributed by atoms with Gasteiger partial charge in [0.1, 0.15) is 6.61 Å². The van der Waals surface area contributed by atoms with E-state index in [0.717, 1.165) is 31.0 Å². The van der Waals surface area contributed by atoms with Crippen LogP contribution in [0.4, 0.5) is 0 Å². The molecule has 0 amide bonds. The van der Waals surface area contributed by atoms with Gasteiger partial charge in [0.15, 0.2) is 5.76 Å². The first-order chi connectivity index (χ1) is 9.01. The minimum atomic E-state index is 0.0922. The number of hydrogen-bond acceptors (Lipinski definition) is 4. The van der Waals surface area contributed by atoms with Crippen molar-refractivity contribution in [2.45, 2.75) is 72.1 Å². The molecular formula is C15H28N2O2. The number of ether oxygens (including phenoxy) is 1. The molecule has 0 aliphatic heterocycles. The summed E-state index contributed by atoms with van der Waals surface area (Å²) in [5, 5.41) is 7.41. The van der Waals surface area contributed by atoms with Crippen LogP contribution in [0.1, 0.15) is 64.8 Å². The van der Waals surface area contributed by atoms with E-state index in [2.05, 4.69) is 38.2 Å². The molecule has 0 fully saturated rings. The van der Waals surface area contributed by atoms with Crippen LogP contribution < -0.4 is 5.32 Å². The molecule has 1 rings (SSSR count). The van der Waals surface area contributed by atoms with E-state index in [-0.39, 0.29) is 5.54 Å². The molecule has 0 aliphatic carbocycles. The van der Waals surface area contributed by atoms with Crippen molar-refractivity contribution < 1.29 is 9.26 Å². The normalized spacial score (nSPS) is 12.0. The van der Waals surface area contributed by atoms with Gasteiger partial charge in [0.2, 0.25) is 0 Å². The molecule has 19 heavy (non-hydrogen) atoms. The van der Waals surface area contributed by atoms with Gasteiger partial charge in [0.25, 0.3) is 0 Å². The Bertz CT molecular complexity index is 342. The number of nitrogens with one attached hydrogen (secondary N) is 1. The zero-order valence-electron chi connectivity index (χ0n) is 12.8. The fourth-order valence-corrected chi connectivity index (χ4v) is 1.67. The summed E-state index contributed by atoms with van der Waals surface area (Å²) in [5.41, 5.74) is 1.02. The van der Waals surface area contributed by atoms with Crippen LogP contribution >= 0.6 is 0 Å². The first-order valence-electron chi connectivity index (χ1n) is 7.28. The molecule has 1 N–H and O–H groups in total. The van der Waals surface area contributed by atoms with Crippen molar-refractivity contribution >= 4 is 0 Å². The Labute approximate surface area is 116 Å². The summed E-state index contributed by atoms with van der Waals surface area (Å²) < 4.78 is 10.8. The molecule has 1 aromatic rings. The van der Waals surface area contributed by atoms with E-state index in [1.54, 1.807) is 0 Å². The molecule has 0 saturated heterocycles. The van der Waals surface area contributed by atoms with Crippen LogP contribution in [-0.2, 0) is 17.9 Å². The zero-order valence-corrected chi connectivity index (χ0v) is 12.8. The van der Waals surface area contributed by atoms with Crippen LogP contribution in [-0.4, -0.2) is 17.3 Å². The van der Waals surface area contributed by atoms with E-state index in [1.807, 2.05) is 6.07 Å². The van der Waals surface area contributed by atoms with Crippen LogP contribution in [0.5, 0.6) is 0 Å². The number of rotatable bonds is 9. The molecule has 0 aliphatic rings. The monoisotopic (exact) mass is 268 g/mol. The summed E-state index contributed by atoms with van der Waals surface area (Å²) >= 11 is 0. The van der Waals surface area contributed by atoms with Gasteiger partial charge in [-0.25, -0.2) is 0 Å². The van der Waals surface area contributed by atoms with Gasteiger partial charge in [0, 0.05) is 24.8 Å². The molecule has 0 spiro atoms. The topological polar surface area (TPSA) is 47.3 Å². The average molecular weight is 268 g/mol. The highest BCUT2D eigenvalue weighted by Crippen LogP contribution is 2.08. The Balaban J connectivity index is 2.16. The molecule has 110 valence electrons. The Kier molecular flexibility index (Phi) is 7.10. The Hall–Kier alpha value is -0.870. The molecule has 0 atom stereocenters. The smallest absolute Gasteiger partial charge is 0.162 e. The van der Waals surface area contributed by atoms with E-state index >= 15 is 0 Å². The lowest BCUT2D eigenvalue weighted by molar-refractivity contribution is 0.0976. The summed E-state index contributed by atoms with van der Waals surface area (Å²) in [6.07, 6.45) is 4.91. The zero-order chi connectivity index (χ0) is 14.1. The van der Waals surface area contributed by atoms with E-state index in [9.17, 15) is 0 Å². The molecule has 1 aromatic heterocycles. The summed E-state index contributed by atoms with van der Waals surface area (Å²) in [6, 6.07) is 1.96. The Morgan fingerprint density at radius 1 is 1.26 bits per heavy atom. The first kappa shape index (κ1) is 16.2. The predicted octanol–water partition coefficient (Wildman–Crippen LogP) is 3.66. The predicted molar refractivity (Wildman–Crippen MR) is 76.9 cm³/mol. The molecule has 0 aromatic carbocycles. The SMILES string of the molecule is CCCCCCOCc1cc(CNC(C)(C)C)no1. The van der Waals surface area contributed by atoms with Crippen LogP contribution in [0.3, 0.4) is 0 Å². The van der Waals surface area contributed by atoms with Gasteiger partial charge in [-0.3, -0.25) is 0 Å². The largest absolute Gasteiger partial charge is 0.373 e. The second-order valence-corrected chi connectivity index (χ2v) is 6.00. The maximum atomic E-state index is 5.57. The Morgan fingerprint density at radius 3 is 2.74 bits per heavy atom. The van der Waals surface area contributed by atoms with Gasteiger partial charge in [-0.05, 0) is 27.2 Å². The van der Waals surface area contributed by atoms with Crippen LogP contribution in [0.15, 0.2) is 10.6 Å². The van der Waals surface area contributed by atoms with Crippen LogP contribution in [0, 0.1) is 0 Å². The lowest BCUT2D eigenvalue weighted by atomic mass is 10.1. The second kappa shape index (κ2) is 8.33. The Morgan fingerprint density at radius 2 is 2.05 bits per heavy atom. The van der Waals surface area contributed by atoms with E-state index in [4.69, 9.17) is 9.26 Å². The number of hydrogen-bond donors (Lipinski definition) is 1. The first-order valence-corrected chi connectivity index (χ1v) is 7.28. The molecular weight excluding hydrogens is 240 g/mol. The fraction of sp³-hybridized carbons (Fsp3) is 0.800. The molecule has 4 nitrogen and oxygen atoms in total. The summed E-state index contributed by atoms with van der Waals surface area (Å²) in [6.45, 7) is 10.7. The third-order valence-electron chi connectivity index (χ3n) is 2.79. The summed E-state index contributed by atoms with van der Waals surface area (Å²) in [5.74, 6) is 0.807. The summed E-state index contributed by atoms with van der Waals surface area (Å²) in [7, 11) is 0. The van der Waals surface area contributed by atoms with Gasteiger partial charge >= 0.3 is 0 Å².